The Hall–Kier alpha value is -2.65. The molecule has 0 spiro atoms. The number of nitrogens with one attached hydrogen (secondary N) is 2. The maximum absolute atomic E-state index is 11.6. The van der Waals surface area contributed by atoms with Crippen molar-refractivity contribution in [2.75, 3.05) is 0 Å². The van der Waals surface area contributed by atoms with Crippen molar-refractivity contribution in [3.63, 3.8) is 0 Å². The van der Waals surface area contributed by atoms with Crippen LogP contribution in [0.4, 0.5) is 0 Å². The van der Waals surface area contributed by atoms with E-state index in [9.17, 15) is 9.59 Å². The highest BCUT2D eigenvalue weighted by Crippen LogP contribution is 2.19. The quantitative estimate of drug-likeness (QED) is 0.421. The number of aromatic nitrogens is 2. The second-order valence-electron chi connectivity index (χ2n) is 4.30. The van der Waals surface area contributed by atoms with Crippen LogP contribution in [0.3, 0.4) is 0 Å². The molecular formula is C13H10ClN5O3S. The van der Waals surface area contributed by atoms with Gasteiger partial charge in [0.1, 0.15) is 11.5 Å². The number of halogens is 1. The molecule has 2 amide bonds. The highest BCUT2D eigenvalue weighted by molar-refractivity contribution is 7.15. The van der Waals surface area contributed by atoms with E-state index in [1.807, 2.05) is 5.38 Å². The third-order valence-corrected chi connectivity index (χ3v) is 3.85. The van der Waals surface area contributed by atoms with Gasteiger partial charge in [-0.25, -0.2) is 10.4 Å². The third kappa shape index (κ3) is 3.41. The minimum absolute atomic E-state index is 0.118. The fourth-order valence-electron chi connectivity index (χ4n) is 1.76. The summed E-state index contributed by atoms with van der Waals surface area (Å²) in [6.07, 6.45) is 4.58. The Labute approximate surface area is 138 Å². The van der Waals surface area contributed by atoms with Crippen LogP contribution in [0.2, 0.25) is 5.15 Å². The van der Waals surface area contributed by atoms with Gasteiger partial charge in [0.15, 0.2) is 10.1 Å². The summed E-state index contributed by atoms with van der Waals surface area (Å²) >= 11 is 7.39. The highest BCUT2D eigenvalue weighted by Gasteiger charge is 2.13. The topological polar surface area (TPSA) is 101 Å². The molecule has 0 aliphatic carbocycles. The first-order valence-corrected chi connectivity index (χ1v) is 7.65. The monoisotopic (exact) mass is 351 g/mol. The van der Waals surface area contributed by atoms with Crippen LogP contribution in [0.15, 0.2) is 39.5 Å². The fourth-order valence-corrected chi connectivity index (χ4v) is 2.75. The van der Waals surface area contributed by atoms with Gasteiger partial charge < -0.3 is 9.73 Å². The SMILES string of the molecule is O=C(NCc1ccco1)C(=O)N/N=C/c1c(Cl)nc2sccn12. The first-order chi connectivity index (χ1) is 11.1. The van der Waals surface area contributed by atoms with Gasteiger partial charge in [-0.2, -0.15) is 5.10 Å². The summed E-state index contributed by atoms with van der Waals surface area (Å²) in [5, 5.41) is 8.23. The first kappa shape index (κ1) is 15.3. The molecule has 0 saturated heterocycles. The molecule has 118 valence electrons. The van der Waals surface area contributed by atoms with Gasteiger partial charge in [0.05, 0.1) is 19.0 Å². The van der Waals surface area contributed by atoms with Crippen LogP contribution in [-0.4, -0.2) is 27.4 Å². The predicted octanol–water partition coefficient (Wildman–Crippen LogP) is 1.41. The van der Waals surface area contributed by atoms with Crippen molar-refractivity contribution in [2.24, 2.45) is 5.10 Å². The number of thiazole rings is 1. The Morgan fingerprint density at radius 2 is 2.35 bits per heavy atom. The van der Waals surface area contributed by atoms with Gasteiger partial charge in [0.2, 0.25) is 0 Å². The minimum Gasteiger partial charge on any atom is -0.467 e. The van der Waals surface area contributed by atoms with Crippen molar-refractivity contribution in [1.29, 1.82) is 0 Å². The number of furan rings is 1. The first-order valence-electron chi connectivity index (χ1n) is 6.40. The van der Waals surface area contributed by atoms with Crippen molar-refractivity contribution >= 4 is 45.9 Å². The molecule has 3 rings (SSSR count). The summed E-state index contributed by atoms with van der Waals surface area (Å²) in [7, 11) is 0. The summed E-state index contributed by atoms with van der Waals surface area (Å²) in [5.74, 6) is -1.17. The molecule has 2 N–H and O–H groups in total. The number of fused-ring (bicyclic) bond motifs is 1. The molecule has 3 aromatic heterocycles. The largest absolute Gasteiger partial charge is 0.467 e. The number of rotatable bonds is 4. The molecule has 0 radical (unpaired) electrons. The van der Waals surface area contributed by atoms with E-state index in [4.69, 9.17) is 16.0 Å². The van der Waals surface area contributed by atoms with E-state index in [0.29, 0.717) is 16.4 Å². The van der Waals surface area contributed by atoms with Crippen LogP contribution in [-0.2, 0) is 16.1 Å². The molecule has 0 bridgehead atoms. The van der Waals surface area contributed by atoms with E-state index in [1.54, 1.807) is 22.7 Å². The van der Waals surface area contributed by atoms with E-state index in [2.05, 4.69) is 20.8 Å². The molecule has 0 unspecified atom stereocenters. The van der Waals surface area contributed by atoms with Gasteiger partial charge >= 0.3 is 11.8 Å². The van der Waals surface area contributed by atoms with Gasteiger partial charge in [-0.15, -0.1) is 11.3 Å². The summed E-state index contributed by atoms with van der Waals surface area (Å²) in [4.78, 5) is 28.0. The zero-order chi connectivity index (χ0) is 16.2. The Kier molecular flexibility index (Phi) is 4.40. The number of hydrazone groups is 1. The number of imidazole rings is 1. The van der Waals surface area contributed by atoms with Gasteiger partial charge in [0, 0.05) is 11.6 Å². The second-order valence-corrected chi connectivity index (χ2v) is 5.54. The maximum Gasteiger partial charge on any atom is 0.329 e. The molecule has 10 heteroatoms. The lowest BCUT2D eigenvalue weighted by Gasteiger charge is -2.01. The van der Waals surface area contributed by atoms with Crippen molar-refractivity contribution < 1.29 is 14.0 Å². The lowest BCUT2D eigenvalue weighted by Crippen LogP contribution is -2.37. The number of hydrogen-bond acceptors (Lipinski definition) is 6. The molecule has 8 nitrogen and oxygen atoms in total. The minimum atomic E-state index is -0.894. The van der Waals surface area contributed by atoms with Gasteiger partial charge in [-0.05, 0) is 12.1 Å². The molecular weight excluding hydrogens is 342 g/mol. The van der Waals surface area contributed by atoms with Crippen molar-refractivity contribution in [1.82, 2.24) is 20.1 Å². The van der Waals surface area contributed by atoms with Crippen LogP contribution in [0.25, 0.3) is 4.96 Å². The Bertz CT molecular complexity index is 868. The lowest BCUT2D eigenvalue weighted by atomic mass is 10.4. The van der Waals surface area contributed by atoms with Crippen molar-refractivity contribution in [2.45, 2.75) is 6.54 Å². The lowest BCUT2D eigenvalue weighted by molar-refractivity contribution is -0.139. The molecule has 0 aliphatic heterocycles. The summed E-state index contributed by atoms with van der Waals surface area (Å²) in [6.45, 7) is 0.118. The zero-order valence-corrected chi connectivity index (χ0v) is 13.1. The molecule has 0 aromatic carbocycles. The van der Waals surface area contributed by atoms with Crippen LogP contribution >= 0.6 is 22.9 Å². The molecule has 0 aliphatic rings. The maximum atomic E-state index is 11.6. The average Bonchev–Trinajstić information content (AvgIpc) is 3.24. The van der Waals surface area contributed by atoms with E-state index in [0.717, 1.165) is 0 Å². The molecule has 0 atom stereocenters. The van der Waals surface area contributed by atoms with Crippen molar-refractivity contribution in [3.8, 4) is 0 Å². The number of carbonyl (C=O) groups excluding carboxylic acids is 2. The van der Waals surface area contributed by atoms with Crippen LogP contribution in [0.5, 0.6) is 0 Å². The van der Waals surface area contributed by atoms with Gasteiger partial charge in [0.25, 0.3) is 0 Å². The number of carbonyl (C=O) groups is 2. The number of amides is 2. The second kappa shape index (κ2) is 6.63. The van der Waals surface area contributed by atoms with Crippen molar-refractivity contribution in [3.05, 3.63) is 46.6 Å². The highest BCUT2D eigenvalue weighted by atomic mass is 35.5. The fraction of sp³-hybridized carbons (Fsp3) is 0.0769. The van der Waals surface area contributed by atoms with Gasteiger partial charge in [-0.3, -0.25) is 14.0 Å². The van der Waals surface area contributed by atoms with Crippen LogP contribution in [0.1, 0.15) is 11.5 Å². The smallest absolute Gasteiger partial charge is 0.329 e. The van der Waals surface area contributed by atoms with E-state index < -0.39 is 11.8 Å². The Balaban J connectivity index is 1.56. The summed E-state index contributed by atoms with van der Waals surface area (Å²) in [6, 6.07) is 3.37. The summed E-state index contributed by atoms with van der Waals surface area (Å²) in [5.41, 5.74) is 2.64. The molecule has 3 aromatic rings. The molecule has 23 heavy (non-hydrogen) atoms. The van der Waals surface area contributed by atoms with E-state index in [1.165, 1.54) is 23.8 Å². The van der Waals surface area contributed by atoms with E-state index >= 15 is 0 Å². The average molecular weight is 352 g/mol. The molecule has 0 saturated carbocycles. The number of nitrogens with zero attached hydrogens (tertiary/aromatic N) is 3. The standard InChI is InChI=1S/C13H10ClN5O3S/c14-10-9(19-3-5-23-13(19)17-10)7-16-18-12(21)11(20)15-6-8-2-1-4-22-8/h1-5,7H,6H2,(H,15,20)(H,18,21)/b16-7+. The summed E-state index contributed by atoms with van der Waals surface area (Å²) < 4.78 is 6.76. The van der Waals surface area contributed by atoms with Crippen LogP contribution in [0, 0.1) is 0 Å². The molecule has 0 fully saturated rings. The third-order valence-electron chi connectivity index (χ3n) is 2.82. The number of hydrogen-bond donors (Lipinski definition) is 2. The van der Waals surface area contributed by atoms with E-state index in [-0.39, 0.29) is 11.7 Å². The van der Waals surface area contributed by atoms with Gasteiger partial charge in [-0.1, -0.05) is 11.6 Å². The normalized spacial score (nSPS) is 11.2. The zero-order valence-electron chi connectivity index (χ0n) is 11.5. The Morgan fingerprint density at radius 1 is 1.48 bits per heavy atom. The van der Waals surface area contributed by atoms with Crippen LogP contribution < -0.4 is 10.7 Å². The predicted molar refractivity (Wildman–Crippen MR) is 84.4 cm³/mol. The Morgan fingerprint density at radius 3 is 3.13 bits per heavy atom. The molecule has 3 heterocycles.